The maximum absolute atomic E-state index is 12.3. The van der Waals surface area contributed by atoms with Crippen molar-refractivity contribution in [2.75, 3.05) is 13.1 Å². The van der Waals surface area contributed by atoms with Crippen molar-refractivity contribution in [2.45, 2.75) is 24.7 Å². The highest BCUT2D eigenvalue weighted by Crippen LogP contribution is 2.26. The molecule has 0 atom stereocenters. The number of primary amides is 1. The van der Waals surface area contributed by atoms with Crippen LogP contribution in [0.1, 0.15) is 29.4 Å². The lowest BCUT2D eigenvalue weighted by molar-refractivity contribution is 0.100. The third-order valence-corrected chi connectivity index (χ3v) is 6.17. The molecule has 1 aliphatic heterocycles. The molecule has 1 aromatic heterocycles. The fourth-order valence-electron chi connectivity index (χ4n) is 1.96. The zero-order valence-electron chi connectivity index (χ0n) is 10.1. The van der Waals surface area contributed by atoms with Gasteiger partial charge in [-0.1, -0.05) is 6.92 Å². The van der Waals surface area contributed by atoms with E-state index in [0.29, 0.717) is 19.0 Å². The predicted octanol–water partition coefficient (Wildman–Crippen LogP) is 1.27. The van der Waals surface area contributed by atoms with E-state index in [1.165, 1.54) is 15.8 Å². The lowest BCUT2D eigenvalue weighted by Gasteiger charge is -2.29. The van der Waals surface area contributed by atoms with E-state index >= 15 is 0 Å². The highest BCUT2D eigenvalue weighted by atomic mass is 32.2. The number of rotatable bonds is 3. The number of piperidine rings is 1. The molecular formula is C11H16N2O3S2. The van der Waals surface area contributed by atoms with Crippen LogP contribution in [0.4, 0.5) is 0 Å². The van der Waals surface area contributed by atoms with Crippen molar-refractivity contribution < 1.29 is 13.2 Å². The molecule has 2 heterocycles. The molecule has 1 amide bonds. The van der Waals surface area contributed by atoms with Crippen molar-refractivity contribution >= 4 is 27.3 Å². The van der Waals surface area contributed by atoms with E-state index in [0.717, 1.165) is 24.2 Å². The van der Waals surface area contributed by atoms with Gasteiger partial charge in [0.05, 0.1) is 9.77 Å². The van der Waals surface area contributed by atoms with Crippen LogP contribution >= 0.6 is 11.3 Å². The zero-order valence-corrected chi connectivity index (χ0v) is 11.8. The molecule has 1 aromatic rings. The minimum absolute atomic E-state index is 0.177. The second-order valence-corrected chi connectivity index (χ2v) is 7.45. The van der Waals surface area contributed by atoms with Gasteiger partial charge in [-0.25, -0.2) is 8.42 Å². The summed E-state index contributed by atoms with van der Waals surface area (Å²) >= 11 is 1.07. The first-order chi connectivity index (χ1) is 8.41. The minimum atomic E-state index is -3.46. The maximum Gasteiger partial charge on any atom is 0.258 e. The van der Waals surface area contributed by atoms with Crippen LogP contribution in [-0.4, -0.2) is 31.7 Å². The van der Waals surface area contributed by atoms with Gasteiger partial charge in [0, 0.05) is 18.5 Å². The highest BCUT2D eigenvalue weighted by molar-refractivity contribution is 7.89. The van der Waals surface area contributed by atoms with Gasteiger partial charge in [0.25, 0.3) is 5.91 Å². The van der Waals surface area contributed by atoms with Gasteiger partial charge in [0.2, 0.25) is 10.0 Å². The number of amides is 1. The average Bonchev–Trinajstić information content (AvgIpc) is 2.79. The first-order valence-corrected chi connectivity index (χ1v) is 8.11. The van der Waals surface area contributed by atoms with Crippen LogP contribution in [0, 0.1) is 5.92 Å². The number of thiophene rings is 1. The lowest BCUT2D eigenvalue weighted by atomic mass is 10.0. The molecule has 18 heavy (non-hydrogen) atoms. The summed E-state index contributed by atoms with van der Waals surface area (Å²) in [4.78, 5) is 11.4. The molecule has 5 nitrogen and oxygen atoms in total. The van der Waals surface area contributed by atoms with E-state index in [4.69, 9.17) is 5.73 Å². The highest BCUT2D eigenvalue weighted by Gasteiger charge is 2.29. The Morgan fingerprint density at radius 3 is 2.56 bits per heavy atom. The summed E-state index contributed by atoms with van der Waals surface area (Å²) in [6, 6.07) is 1.36. The Labute approximate surface area is 111 Å². The quantitative estimate of drug-likeness (QED) is 0.909. The zero-order chi connectivity index (χ0) is 13.3. The normalized spacial score (nSPS) is 18.9. The van der Waals surface area contributed by atoms with E-state index in [1.54, 1.807) is 0 Å². The van der Waals surface area contributed by atoms with Crippen LogP contribution in [-0.2, 0) is 10.0 Å². The van der Waals surface area contributed by atoms with E-state index in [9.17, 15) is 13.2 Å². The summed E-state index contributed by atoms with van der Waals surface area (Å²) in [7, 11) is -3.46. The van der Waals surface area contributed by atoms with E-state index < -0.39 is 15.9 Å². The average molecular weight is 288 g/mol. The van der Waals surface area contributed by atoms with Gasteiger partial charge in [-0.2, -0.15) is 4.31 Å². The molecule has 2 rings (SSSR count). The van der Waals surface area contributed by atoms with Gasteiger partial charge in [0.15, 0.2) is 0 Å². The molecule has 0 spiro atoms. The molecule has 0 unspecified atom stereocenters. The van der Waals surface area contributed by atoms with Crippen molar-refractivity contribution in [1.82, 2.24) is 4.31 Å². The lowest BCUT2D eigenvalue weighted by Crippen LogP contribution is -2.37. The van der Waals surface area contributed by atoms with Crippen LogP contribution in [0.15, 0.2) is 16.3 Å². The summed E-state index contributed by atoms with van der Waals surface area (Å²) in [6.07, 6.45) is 1.76. The van der Waals surface area contributed by atoms with Gasteiger partial charge >= 0.3 is 0 Å². The number of hydrogen-bond donors (Lipinski definition) is 1. The number of nitrogens with two attached hydrogens (primary N) is 1. The summed E-state index contributed by atoms with van der Waals surface area (Å²) in [5, 5.41) is 1.48. The van der Waals surface area contributed by atoms with Gasteiger partial charge in [0.1, 0.15) is 0 Å². The SMILES string of the molecule is CC1CCN(S(=O)(=O)c2csc(C(N)=O)c2)CC1. The second-order valence-electron chi connectivity index (χ2n) is 4.60. The molecule has 0 radical (unpaired) electrons. The Kier molecular flexibility index (Phi) is 3.74. The Bertz CT molecular complexity index is 542. The van der Waals surface area contributed by atoms with Gasteiger partial charge in [-0.3, -0.25) is 4.79 Å². The van der Waals surface area contributed by atoms with Crippen molar-refractivity contribution in [3.63, 3.8) is 0 Å². The monoisotopic (exact) mass is 288 g/mol. The fourth-order valence-corrected chi connectivity index (χ4v) is 4.54. The molecular weight excluding hydrogens is 272 g/mol. The van der Waals surface area contributed by atoms with Crippen molar-refractivity contribution in [2.24, 2.45) is 11.7 Å². The standard InChI is InChI=1S/C11H16N2O3S2/c1-8-2-4-13(5-3-8)18(15,16)9-6-10(11(12)14)17-7-9/h6-8H,2-5H2,1H3,(H2,12,14). The maximum atomic E-state index is 12.3. The molecule has 100 valence electrons. The molecule has 1 fully saturated rings. The number of carbonyl (C=O) groups excluding carboxylic acids is 1. The molecule has 1 saturated heterocycles. The first kappa shape index (κ1) is 13.5. The van der Waals surface area contributed by atoms with Crippen LogP contribution in [0.2, 0.25) is 0 Å². The van der Waals surface area contributed by atoms with Crippen LogP contribution in [0.5, 0.6) is 0 Å². The predicted molar refractivity (Wildman–Crippen MR) is 70.0 cm³/mol. The van der Waals surface area contributed by atoms with Crippen molar-refractivity contribution in [3.8, 4) is 0 Å². The van der Waals surface area contributed by atoms with Crippen molar-refractivity contribution in [3.05, 3.63) is 16.3 Å². The Hall–Kier alpha value is -0.920. The van der Waals surface area contributed by atoms with Gasteiger partial charge < -0.3 is 5.73 Å². The molecule has 2 N–H and O–H groups in total. The Morgan fingerprint density at radius 1 is 1.44 bits per heavy atom. The summed E-state index contributed by atoms with van der Waals surface area (Å²) < 4.78 is 26.1. The third-order valence-electron chi connectivity index (χ3n) is 3.20. The molecule has 1 aliphatic rings. The Morgan fingerprint density at radius 2 is 2.06 bits per heavy atom. The largest absolute Gasteiger partial charge is 0.365 e. The summed E-state index contributed by atoms with van der Waals surface area (Å²) in [5.41, 5.74) is 5.13. The Balaban J connectivity index is 2.22. The van der Waals surface area contributed by atoms with Gasteiger partial charge in [-0.05, 0) is 24.8 Å². The second kappa shape index (κ2) is 4.99. The van der Waals surface area contributed by atoms with E-state index in [2.05, 4.69) is 6.92 Å². The minimum Gasteiger partial charge on any atom is -0.365 e. The molecule has 7 heteroatoms. The molecule has 0 aliphatic carbocycles. The van der Waals surface area contributed by atoms with E-state index in [1.807, 2.05) is 0 Å². The molecule has 0 bridgehead atoms. The number of hydrogen-bond acceptors (Lipinski definition) is 4. The summed E-state index contributed by atoms with van der Waals surface area (Å²) in [6.45, 7) is 3.22. The fraction of sp³-hybridized carbons (Fsp3) is 0.545. The number of nitrogens with zero attached hydrogens (tertiary/aromatic N) is 1. The van der Waals surface area contributed by atoms with Crippen LogP contribution in [0.25, 0.3) is 0 Å². The first-order valence-electron chi connectivity index (χ1n) is 5.79. The molecule has 0 aromatic carbocycles. The van der Waals surface area contributed by atoms with E-state index in [-0.39, 0.29) is 9.77 Å². The van der Waals surface area contributed by atoms with Crippen LogP contribution in [0.3, 0.4) is 0 Å². The van der Waals surface area contributed by atoms with Gasteiger partial charge in [-0.15, -0.1) is 11.3 Å². The smallest absolute Gasteiger partial charge is 0.258 e. The topological polar surface area (TPSA) is 80.5 Å². The summed E-state index contributed by atoms with van der Waals surface area (Å²) in [5.74, 6) is -0.0196. The van der Waals surface area contributed by atoms with Crippen molar-refractivity contribution in [1.29, 1.82) is 0 Å². The third kappa shape index (κ3) is 2.57. The number of sulfonamides is 1. The van der Waals surface area contributed by atoms with Crippen LogP contribution < -0.4 is 5.73 Å². The number of carbonyl (C=O) groups is 1. The molecule has 0 saturated carbocycles.